The van der Waals surface area contributed by atoms with Crippen LogP contribution < -0.4 is 23.7 Å². The molecular formula is C25H29N3O8S. The molecule has 1 saturated heterocycles. The van der Waals surface area contributed by atoms with Gasteiger partial charge in [0.25, 0.3) is 5.91 Å². The summed E-state index contributed by atoms with van der Waals surface area (Å²) < 4.78 is 58.0. The van der Waals surface area contributed by atoms with Crippen molar-refractivity contribution in [3.63, 3.8) is 0 Å². The highest BCUT2D eigenvalue weighted by Crippen LogP contribution is 2.51. The van der Waals surface area contributed by atoms with Gasteiger partial charge >= 0.3 is 0 Å². The third-order valence-corrected chi connectivity index (χ3v) is 9.24. The fourth-order valence-corrected chi connectivity index (χ4v) is 7.18. The fraction of sp³-hybridized carbons (Fsp3) is 0.480. The van der Waals surface area contributed by atoms with Gasteiger partial charge in [-0.1, -0.05) is 12.1 Å². The van der Waals surface area contributed by atoms with Gasteiger partial charge in [0.15, 0.2) is 23.0 Å². The van der Waals surface area contributed by atoms with Gasteiger partial charge in [0.1, 0.15) is 11.5 Å². The SMILES string of the molecule is COc1c2c(c(S(=O)(=O)N3CCN(C(=O)[C@@H]4COc5ccccc5O4)CC3)c3c1OCO3)CCN(C)C2. The Bertz CT molecular complexity index is 1340. The third-order valence-electron chi connectivity index (χ3n) is 7.25. The lowest BCUT2D eigenvalue weighted by atomic mass is 9.97. The van der Waals surface area contributed by atoms with E-state index in [1.807, 2.05) is 19.2 Å². The van der Waals surface area contributed by atoms with Gasteiger partial charge in [-0.25, -0.2) is 8.42 Å². The van der Waals surface area contributed by atoms with E-state index in [0.717, 1.165) is 5.56 Å². The molecule has 37 heavy (non-hydrogen) atoms. The van der Waals surface area contributed by atoms with Crippen molar-refractivity contribution in [3.05, 3.63) is 35.4 Å². The van der Waals surface area contributed by atoms with Crippen molar-refractivity contribution in [1.82, 2.24) is 14.1 Å². The molecule has 4 heterocycles. The Hall–Kier alpha value is -3.22. The second kappa shape index (κ2) is 9.26. The summed E-state index contributed by atoms with van der Waals surface area (Å²) in [5, 5.41) is 0. The van der Waals surface area contributed by atoms with Crippen LogP contribution in [0.2, 0.25) is 0 Å². The Morgan fingerprint density at radius 3 is 2.46 bits per heavy atom. The summed E-state index contributed by atoms with van der Waals surface area (Å²) in [6, 6.07) is 7.22. The van der Waals surface area contributed by atoms with Crippen molar-refractivity contribution >= 4 is 15.9 Å². The average Bonchev–Trinajstić information content (AvgIpc) is 3.40. The zero-order valence-corrected chi connectivity index (χ0v) is 21.6. The number of amides is 1. The number of fused-ring (bicyclic) bond motifs is 3. The molecule has 0 bridgehead atoms. The number of piperazine rings is 1. The molecule has 11 nitrogen and oxygen atoms in total. The number of rotatable bonds is 4. The first-order valence-corrected chi connectivity index (χ1v) is 13.7. The molecule has 1 amide bonds. The Kier molecular flexibility index (Phi) is 6.04. The summed E-state index contributed by atoms with van der Waals surface area (Å²) in [7, 11) is -0.390. The number of methoxy groups -OCH3 is 1. The number of carbonyl (C=O) groups is 1. The minimum Gasteiger partial charge on any atom is -0.492 e. The zero-order valence-electron chi connectivity index (χ0n) is 20.8. The third kappa shape index (κ3) is 4.03. The Morgan fingerprint density at radius 1 is 0.973 bits per heavy atom. The number of ether oxygens (including phenoxy) is 5. The molecule has 6 rings (SSSR count). The monoisotopic (exact) mass is 531 g/mol. The standard InChI is InChI=1S/C25H29N3O8S/c1-26-8-7-16-17(13-26)21(32-2)22-23(35-15-34-22)24(16)37(30,31)28-11-9-27(10-12-28)25(29)20-14-33-18-5-3-4-6-19(18)36-20/h3-6,20H,7-15H2,1-2H3/t20-/m0/s1. The van der Waals surface area contributed by atoms with Crippen LogP contribution in [-0.2, 0) is 27.8 Å². The molecule has 1 fully saturated rings. The van der Waals surface area contributed by atoms with Crippen LogP contribution in [0.15, 0.2) is 29.2 Å². The number of carbonyl (C=O) groups excluding carboxylic acids is 1. The second-order valence-electron chi connectivity index (χ2n) is 9.47. The molecule has 0 aromatic heterocycles. The van der Waals surface area contributed by atoms with E-state index in [4.69, 9.17) is 23.7 Å². The summed E-state index contributed by atoms with van der Waals surface area (Å²) in [5.74, 6) is 1.99. The fourth-order valence-electron chi connectivity index (χ4n) is 5.36. The van der Waals surface area contributed by atoms with Gasteiger partial charge in [-0.2, -0.15) is 4.31 Å². The van der Waals surface area contributed by atoms with Gasteiger partial charge in [-0.3, -0.25) is 4.79 Å². The van der Waals surface area contributed by atoms with Crippen molar-refractivity contribution in [2.24, 2.45) is 0 Å². The smallest absolute Gasteiger partial charge is 0.267 e. The van der Waals surface area contributed by atoms with Gasteiger partial charge in [0, 0.05) is 44.8 Å². The summed E-state index contributed by atoms with van der Waals surface area (Å²) in [6.07, 6.45) is -0.218. The van der Waals surface area contributed by atoms with Gasteiger partial charge < -0.3 is 33.5 Å². The molecule has 0 radical (unpaired) electrons. The summed E-state index contributed by atoms with van der Waals surface area (Å²) >= 11 is 0. The summed E-state index contributed by atoms with van der Waals surface area (Å²) in [6.45, 7) is 2.13. The molecule has 4 aliphatic rings. The summed E-state index contributed by atoms with van der Waals surface area (Å²) in [5.41, 5.74) is 1.52. The van der Waals surface area contributed by atoms with Crippen LogP contribution in [0, 0.1) is 0 Å². The van der Waals surface area contributed by atoms with E-state index >= 15 is 0 Å². The molecule has 0 N–H and O–H groups in total. The van der Waals surface area contributed by atoms with Gasteiger partial charge in [-0.15, -0.1) is 0 Å². The van der Waals surface area contributed by atoms with Crippen LogP contribution in [0.4, 0.5) is 0 Å². The van der Waals surface area contributed by atoms with E-state index in [-0.39, 0.29) is 56.1 Å². The lowest BCUT2D eigenvalue weighted by molar-refractivity contribution is -0.142. The number of para-hydroxylation sites is 2. The zero-order chi connectivity index (χ0) is 25.7. The topological polar surface area (TPSA) is 107 Å². The van der Waals surface area contributed by atoms with Gasteiger partial charge in [0.05, 0.1) is 7.11 Å². The van der Waals surface area contributed by atoms with Crippen LogP contribution in [-0.4, -0.2) is 94.8 Å². The predicted molar refractivity (Wildman–Crippen MR) is 131 cm³/mol. The van der Waals surface area contributed by atoms with Crippen LogP contribution in [0.3, 0.4) is 0 Å². The molecule has 2 aromatic carbocycles. The van der Waals surface area contributed by atoms with Crippen LogP contribution >= 0.6 is 0 Å². The van der Waals surface area contributed by atoms with E-state index in [1.165, 1.54) is 4.31 Å². The Labute approximate surface area is 215 Å². The van der Waals surface area contributed by atoms with Gasteiger partial charge in [-0.05, 0) is 31.2 Å². The van der Waals surface area contributed by atoms with Crippen molar-refractivity contribution < 1.29 is 36.9 Å². The number of sulfonamides is 1. The second-order valence-corrected chi connectivity index (χ2v) is 11.3. The summed E-state index contributed by atoms with van der Waals surface area (Å²) in [4.78, 5) is 17.0. The number of hydrogen-bond acceptors (Lipinski definition) is 9. The highest BCUT2D eigenvalue weighted by Gasteiger charge is 2.42. The number of benzene rings is 2. The highest BCUT2D eigenvalue weighted by atomic mass is 32.2. The van der Waals surface area contributed by atoms with Gasteiger partial charge in [0.2, 0.25) is 28.7 Å². The average molecular weight is 532 g/mol. The first kappa shape index (κ1) is 24.1. The molecule has 198 valence electrons. The van der Waals surface area contributed by atoms with Crippen molar-refractivity contribution in [3.8, 4) is 28.7 Å². The maximum Gasteiger partial charge on any atom is 0.267 e. The van der Waals surface area contributed by atoms with Crippen molar-refractivity contribution in [2.45, 2.75) is 24.0 Å². The van der Waals surface area contributed by atoms with Crippen LogP contribution in [0.5, 0.6) is 28.7 Å². The van der Waals surface area contributed by atoms with Crippen LogP contribution in [0.1, 0.15) is 11.1 Å². The maximum atomic E-state index is 14.0. The Balaban J connectivity index is 1.23. The lowest BCUT2D eigenvalue weighted by Crippen LogP contribution is -2.55. The first-order chi connectivity index (χ1) is 17.9. The quantitative estimate of drug-likeness (QED) is 0.573. The predicted octanol–water partition coefficient (Wildman–Crippen LogP) is 1.08. The van der Waals surface area contributed by atoms with Crippen molar-refractivity contribution in [1.29, 1.82) is 0 Å². The minimum atomic E-state index is -3.92. The minimum absolute atomic E-state index is 0.0676. The molecule has 0 saturated carbocycles. The molecule has 0 spiro atoms. The van der Waals surface area contributed by atoms with Crippen molar-refractivity contribution in [2.75, 3.05) is 60.3 Å². The molecular weight excluding hydrogens is 502 g/mol. The molecule has 0 aliphatic carbocycles. The largest absolute Gasteiger partial charge is 0.492 e. The maximum absolute atomic E-state index is 14.0. The van der Waals surface area contributed by atoms with E-state index in [0.29, 0.717) is 48.1 Å². The molecule has 12 heteroatoms. The Morgan fingerprint density at radius 2 is 1.70 bits per heavy atom. The van der Waals surface area contributed by atoms with E-state index in [1.54, 1.807) is 24.1 Å². The molecule has 1 atom stereocenters. The highest BCUT2D eigenvalue weighted by molar-refractivity contribution is 7.89. The molecule has 4 aliphatic heterocycles. The molecule has 0 unspecified atom stereocenters. The van der Waals surface area contributed by atoms with E-state index in [9.17, 15) is 13.2 Å². The number of hydrogen-bond donors (Lipinski definition) is 0. The number of likely N-dealkylation sites (N-methyl/N-ethyl adjacent to an activating group) is 1. The van der Waals surface area contributed by atoms with E-state index in [2.05, 4.69) is 4.90 Å². The molecule has 2 aromatic rings. The van der Waals surface area contributed by atoms with E-state index < -0.39 is 16.1 Å². The normalized spacial score (nSPS) is 21.5. The first-order valence-electron chi connectivity index (χ1n) is 12.3. The van der Waals surface area contributed by atoms with Crippen LogP contribution in [0.25, 0.3) is 0 Å². The lowest BCUT2D eigenvalue weighted by Gasteiger charge is -2.37. The number of nitrogens with zero attached hydrogens (tertiary/aromatic N) is 3.